The van der Waals surface area contributed by atoms with Crippen LogP contribution < -0.4 is 5.32 Å². The van der Waals surface area contributed by atoms with Crippen LogP contribution in [0, 0.1) is 12.3 Å². The normalized spacial score (nSPS) is 11.1. The summed E-state index contributed by atoms with van der Waals surface area (Å²) in [5.74, 6) is 0.117. The Balaban J connectivity index is 2.55. The zero-order chi connectivity index (χ0) is 11.5. The summed E-state index contributed by atoms with van der Waals surface area (Å²) in [6.45, 7) is 7.68. The number of benzene rings is 1. The molecule has 0 heterocycles. The first kappa shape index (κ1) is 11.6. The first-order valence-corrected chi connectivity index (χ1v) is 4.81. The van der Waals surface area contributed by atoms with E-state index < -0.39 is 0 Å². The van der Waals surface area contributed by atoms with Gasteiger partial charge < -0.3 is 10.4 Å². The lowest BCUT2D eigenvalue weighted by molar-refractivity contribution is -0.117. The summed E-state index contributed by atoms with van der Waals surface area (Å²) in [7, 11) is 0. The van der Waals surface area contributed by atoms with Crippen molar-refractivity contribution < 1.29 is 9.90 Å². The van der Waals surface area contributed by atoms with E-state index in [1.165, 1.54) is 12.1 Å². The van der Waals surface area contributed by atoms with E-state index in [0.29, 0.717) is 12.1 Å². The van der Waals surface area contributed by atoms with Gasteiger partial charge in [0, 0.05) is 12.1 Å². The van der Waals surface area contributed by atoms with Crippen LogP contribution in [0.15, 0.2) is 24.3 Å². The number of aromatic hydroxyl groups is 1. The van der Waals surface area contributed by atoms with Gasteiger partial charge in [-0.3, -0.25) is 4.79 Å². The molecule has 3 nitrogen and oxygen atoms in total. The molecule has 2 N–H and O–H groups in total. The highest BCUT2D eigenvalue weighted by molar-refractivity contribution is 5.91. The first-order chi connectivity index (χ1) is 6.87. The average molecular weight is 206 g/mol. The molecule has 0 aromatic heterocycles. The molecule has 0 saturated carbocycles. The minimum absolute atomic E-state index is 0.0688. The van der Waals surface area contributed by atoms with Gasteiger partial charge in [0.05, 0.1) is 0 Å². The number of carbonyl (C=O) groups excluding carboxylic acids is 1. The van der Waals surface area contributed by atoms with Crippen molar-refractivity contribution in [2.24, 2.45) is 5.41 Å². The SMILES string of the molecule is [CH2]C(C)(C)CC(=O)Nc1ccc(O)cc1. The van der Waals surface area contributed by atoms with Crippen molar-refractivity contribution in [1.29, 1.82) is 0 Å². The minimum Gasteiger partial charge on any atom is -0.508 e. The average Bonchev–Trinajstić information content (AvgIpc) is 2.05. The summed E-state index contributed by atoms with van der Waals surface area (Å²) in [4.78, 5) is 11.5. The lowest BCUT2D eigenvalue weighted by Crippen LogP contribution is -2.19. The lowest BCUT2D eigenvalue weighted by atomic mass is 9.92. The number of rotatable bonds is 3. The molecular formula is C12H16NO2. The Labute approximate surface area is 90.1 Å². The second-order valence-corrected chi connectivity index (χ2v) is 4.44. The molecule has 0 unspecified atom stereocenters. The number of hydrogen-bond acceptors (Lipinski definition) is 2. The number of phenols is 1. The highest BCUT2D eigenvalue weighted by Gasteiger charge is 2.15. The van der Waals surface area contributed by atoms with Gasteiger partial charge in [0.15, 0.2) is 0 Å². The van der Waals surface area contributed by atoms with E-state index in [4.69, 9.17) is 5.11 Å². The van der Waals surface area contributed by atoms with Crippen LogP contribution in [0.2, 0.25) is 0 Å². The topological polar surface area (TPSA) is 49.3 Å². The second kappa shape index (κ2) is 4.34. The molecule has 1 aromatic carbocycles. The fourth-order valence-electron chi connectivity index (χ4n) is 1.18. The molecule has 0 atom stereocenters. The molecule has 1 aromatic rings. The fourth-order valence-corrected chi connectivity index (χ4v) is 1.18. The van der Waals surface area contributed by atoms with Crippen molar-refractivity contribution in [2.75, 3.05) is 5.32 Å². The molecule has 1 amide bonds. The third-order valence-electron chi connectivity index (χ3n) is 1.79. The molecule has 0 bridgehead atoms. The molecule has 0 aliphatic carbocycles. The standard InChI is InChI=1S/C12H16NO2/c1-12(2,3)8-11(15)13-9-4-6-10(14)7-5-9/h4-7,14H,1,8H2,2-3H3,(H,13,15). The predicted octanol–water partition coefficient (Wildman–Crippen LogP) is 2.58. The number of hydrogen-bond donors (Lipinski definition) is 2. The number of phenolic OH excluding ortho intramolecular Hbond substituents is 1. The Morgan fingerprint density at radius 3 is 2.40 bits per heavy atom. The van der Waals surface area contributed by atoms with Gasteiger partial charge in [-0.2, -0.15) is 0 Å². The van der Waals surface area contributed by atoms with E-state index in [1.54, 1.807) is 12.1 Å². The Hall–Kier alpha value is -1.51. The van der Waals surface area contributed by atoms with Crippen molar-refractivity contribution >= 4 is 11.6 Å². The maximum Gasteiger partial charge on any atom is 0.224 e. The van der Waals surface area contributed by atoms with Crippen LogP contribution in [0.1, 0.15) is 20.3 Å². The van der Waals surface area contributed by atoms with Crippen molar-refractivity contribution in [1.82, 2.24) is 0 Å². The van der Waals surface area contributed by atoms with E-state index in [1.807, 2.05) is 13.8 Å². The van der Waals surface area contributed by atoms with Crippen LogP contribution in [-0.2, 0) is 4.79 Å². The largest absolute Gasteiger partial charge is 0.508 e. The summed E-state index contributed by atoms with van der Waals surface area (Å²) in [5, 5.41) is 11.8. The molecule has 0 aliphatic heterocycles. The van der Waals surface area contributed by atoms with Gasteiger partial charge in [-0.1, -0.05) is 13.8 Å². The maximum atomic E-state index is 11.5. The molecule has 15 heavy (non-hydrogen) atoms. The molecule has 0 fully saturated rings. The van der Waals surface area contributed by atoms with Crippen LogP contribution in [-0.4, -0.2) is 11.0 Å². The van der Waals surface area contributed by atoms with Crippen LogP contribution in [0.25, 0.3) is 0 Å². The first-order valence-electron chi connectivity index (χ1n) is 4.81. The van der Waals surface area contributed by atoms with E-state index >= 15 is 0 Å². The summed E-state index contributed by atoms with van der Waals surface area (Å²) in [5.41, 5.74) is 0.420. The number of nitrogens with one attached hydrogen (secondary N) is 1. The fraction of sp³-hybridized carbons (Fsp3) is 0.333. The Bertz CT molecular complexity index is 336. The van der Waals surface area contributed by atoms with Gasteiger partial charge >= 0.3 is 0 Å². The van der Waals surface area contributed by atoms with Gasteiger partial charge in [-0.05, 0) is 36.6 Å². The summed E-state index contributed by atoms with van der Waals surface area (Å²) >= 11 is 0. The van der Waals surface area contributed by atoms with Gasteiger partial charge in [-0.25, -0.2) is 0 Å². The number of anilines is 1. The van der Waals surface area contributed by atoms with Crippen molar-refractivity contribution in [3.05, 3.63) is 31.2 Å². The monoisotopic (exact) mass is 206 g/mol. The van der Waals surface area contributed by atoms with E-state index in [2.05, 4.69) is 12.2 Å². The van der Waals surface area contributed by atoms with Crippen LogP contribution in [0.4, 0.5) is 5.69 Å². The van der Waals surface area contributed by atoms with Crippen LogP contribution in [0.3, 0.4) is 0 Å². The highest BCUT2D eigenvalue weighted by Crippen LogP contribution is 2.19. The van der Waals surface area contributed by atoms with Crippen molar-refractivity contribution in [2.45, 2.75) is 20.3 Å². The maximum absolute atomic E-state index is 11.5. The van der Waals surface area contributed by atoms with Gasteiger partial charge in [0.1, 0.15) is 5.75 Å². The molecule has 0 saturated heterocycles. The minimum atomic E-state index is -0.263. The zero-order valence-corrected chi connectivity index (χ0v) is 9.08. The Morgan fingerprint density at radius 1 is 1.40 bits per heavy atom. The number of carbonyl (C=O) groups is 1. The van der Waals surface area contributed by atoms with Gasteiger partial charge in [0.25, 0.3) is 0 Å². The van der Waals surface area contributed by atoms with Crippen LogP contribution in [0.5, 0.6) is 5.75 Å². The highest BCUT2D eigenvalue weighted by atomic mass is 16.3. The van der Waals surface area contributed by atoms with Crippen LogP contribution >= 0.6 is 0 Å². The molecular weight excluding hydrogens is 190 g/mol. The van der Waals surface area contributed by atoms with Gasteiger partial charge in [0.2, 0.25) is 5.91 Å². The molecule has 0 spiro atoms. The predicted molar refractivity (Wildman–Crippen MR) is 60.5 cm³/mol. The second-order valence-electron chi connectivity index (χ2n) is 4.44. The number of amides is 1. The summed E-state index contributed by atoms with van der Waals surface area (Å²) < 4.78 is 0. The van der Waals surface area contributed by atoms with Crippen molar-refractivity contribution in [3.63, 3.8) is 0 Å². The molecule has 81 valence electrons. The Morgan fingerprint density at radius 2 is 1.93 bits per heavy atom. The summed E-state index contributed by atoms with van der Waals surface area (Å²) in [6, 6.07) is 6.38. The molecule has 0 aliphatic rings. The third kappa shape index (κ3) is 4.49. The molecule has 1 rings (SSSR count). The summed E-state index contributed by atoms with van der Waals surface area (Å²) in [6.07, 6.45) is 0.369. The quantitative estimate of drug-likeness (QED) is 0.747. The lowest BCUT2D eigenvalue weighted by Gasteiger charge is -2.17. The zero-order valence-electron chi connectivity index (χ0n) is 9.08. The van der Waals surface area contributed by atoms with E-state index in [0.717, 1.165) is 0 Å². The van der Waals surface area contributed by atoms with E-state index in [-0.39, 0.29) is 17.1 Å². The Kier molecular flexibility index (Phi) is 3.35. The third-order valence-corrected chi connectivity index (χ3v) is 1.79. The van der Waals surface area contributed by atoms with Crippen molar-refractivity contribution in [3.8, 4) is 5.75 Å². The molecule has 3 heteroatoms. The molecule has 1 radical (unpaired) electrons. The van der Waals surface area contributed by atoms with Gasteiger partial charge in [-0.15, -0.1) is 0 Å². The van der Waals surface area contributed by atoms with E-state index in [9.17, 15) is 4.79 Å². The smallest absolute Gasteiger partial charge is 0.224 e.